The lowest BCUT2D eigenvalue weighted by Crippen LogP contribution is -2.09. The Morgan fingerprint density at radius 1 is 1.21 bits per heavy atom. The second-order valence-corrected chi connectivity index (χ2v) is 4.08. The maximum Gasteiger partial charge on any atom is 0.224 e. The second-order valence-electron chi connectivity index (χ2n) is 3.16. The molecule has 0 fully saturated rings. The van der Waals surface area contributed by atoms with Crippen molar-refractivity contribution in [1.29, 1.82) is 0 Å². The molecule has 72 valence electrons. The summed E-state index contributed by atoms with van der Waals surface area (Å²) in [7, 11) is 0. The molecule has 14 heavy (non-hydrogen) atoms. The zero-order chi connectivity index (χ0) is 10.1. The zero-order valence-electron chi connectivity index (χ0n) is 7.34. The first-order valence-electron chi connectivity index (χ1n) is 4.29. The average molecular weight is 254 g/mol. The van der Waals surface area contributed by atoms with Gasteiger partial charge >= 0.3 is 0 Å². The summed E-state index contributed by atoms with van der Waals surface area (Å²) in [6, 6.07) is 5.28. The van der Waals surface area contributed by atoms with E-state index in [1.165, 1.54) is 0 Å². The monoisotopic (exact) mass is 253 g/mol. The van der Waals surface area contributed by atoms with E-state index in [9.17, 15) is 9.59 Å². The largest absolute Gasteiger partial charge is 0.325 e. The molecule has 0 spiro atoms. The topological polar surface area (TPSA) is 46.2 Å². The number of halogens is 1. The van der Waals surface area contributed by atoms with Crippen LogP contribution in [0.2, 0.25) is 0 Å². The number of anilines is 1. The number of carbonyl (C=O) groups is 2. The Kier molecular flexibility index (Phi) is 2.37. The molecule has 2 rings (SSSR count). The molecule has 0 bridgehead atoms. The Morgan fingerprint density at radius 3 is 2.79 bits per heavy atom. The highest BCUT2D eigenvalue weighted by Crippen LogP contribution is 2.25. The van der Waals surface area contributed by atoms with Crippen LogP contribution >= 0.6 is 15.9 Å². The van der Waals surface area contributed by atoms with Gasteiger partial charge in [-0.05, 0) is 18.2 Å². The van der Waals surface area contributed by atoms with Gasteiger partial charge in [-0.25, -0.2) is 0 Å². The number of nitrogens with one attached hydrogen (secondary N) is 1. The summed E-state index contributed by atoms with van der Waals surface area (Å²) in [4.78, 5) is 22.8. The van der Waals surface area contributed by atoms with Crippen LogP contribution in [0.1, 0.15) is 23.2 Å². The predicted octanol–water partition coefficient (Wildman–Crippen LogP) is 2.36. The molecule has 4 heteroatoms. The van der Waals surface area contributed by atoms with E-state index in [4.69, 9.17) is 0 Å². The molecule has 1 aromatic rings. The molecule has 0 aliphatic carbocycles. The molecular weight excluding hydrogens is 246 g/mol. The molecule has 0 radical (unpaired) electrons. The van der Waals surface area contributed by atoms with Gasteiger partial charge in [0.05, 0.1) is 5.69 Å². The number of rotatable bonds is 0. The number of amides is 1. The summed E-state index contributed by atoms with van der Waals surface area (Å²) < 4.78 is 0.853. The molecule has 0 saturated carbocycles. The first-order valence-corrected chi connectivity index (χ1v) is 5.09. The van der Waals surface area contributed by atoms with E-state index in [-0.39, 0.29) is 18.1 Å². The minimum atomic E-state index is -0.102. The van der Waals surface area contributed by atoms with E-state index in [2.05, 4.69) is 21.2 Å². The van der Waals surface area contributed by atoms with Crippen LogP contribution in [0.5, 0.6) is 0 Å². The lowest BCUT2D eigenvalue weighted by atomic mass is 10.1. The van der Waals surface area contributed by atoms with Crippen molar-refractivity contribution >= 4 is 33.3 Å². The first kappa shape index (κ1) is 9.40. The van der Waals surface area contributed by atoms with E-state index in [0.717, 1.165) is 4.47 Å². The average Bonchev–Trinajstić information content (AvgIpc) is 2.26. The summed E-state index contributed by atoms with van der Waals surface area (Å²) in [5.41, 5.74) is 1.20. The molecule has 3 nitrogen and oxygen atoms in total. The Hall–Kier alpha value is -1.16. The van der Waals surface area contributed by atoms with Gasteiger partial charge in [0.15, 0.2) is 5.78 Å². The van der Waals surface area contributed by atoms with Crippen molar-refractivity contribution in [3.05, 3.63) is 28.2 Å². The van der Waals surface area contributed by atoms with Gasteiger partial charge in [-0.15, -0.1) is 0 Å². The minimum Gasteiger partial charge on any atom is -0.325 e. The summed E-state index contributed by atoms with van der Waals surface area (Å²) in [5.74, 6) is -0.0824. The van der Waals surface area contributed by atoms with E-state index in [1.807, 2.05) is 0 Å². The van der Waals surface area contributed by atoms with Crippen molar-refractivity contribution in [3.63, 3.8) is 0 Å². The molecule has 1 heterocycles. The van der Waals surface area contributed by atoms with Crippen LogP contribution in [0.15, 0.2) is 22.7 Å². The zero-order valence-corrected chi connectivity index (χ0v) is 8.93. The molecule has 0 unspecified atom stereocenters. The first-order chi connectivity index (χ1) is 6.66. The van der Waals surface area contributed by atoms with Crippen molar-refractivity contribution < 1.29 is 9.59 Å². The van der Waals surface area contributed by atoms with Crippen molar-refractivity contribution in [1.82, 2.24) is 0 Å². The molecule has 1 aliphatic heterocycles. The molecule has 1 N–H and O–H groups in total. The molecule has 1 amide bonds. The van der Waals surface area contributed by atoms with Gasteiger partial charge in [0.2, 0.25) is 5.91 Å². The molecule has 0 aromatic heterocycles. The Balaban J connectivity index is 2.52. The standard InChI is InChI=1S/C10H8BrNO2/c11-6-1-2-7-8(5-6)12-10(14)4-3-9(7)13/h1-2,5H,3-4H2,(H,12,14). The number of carbonyl (C=O) groups excluding carboxylic acids is 2. The maximum absolute atomic E-state index is 11.6. The van der Waals surface area contributed by atoms with E-state index >= 15 is 0 Å². The number of ketones is 1. The maximum atomic E-state index is 11.6. The fourth-order valence-corrected chi connectivity index (χ4v) is 1.80. The second kappa shape index (κ2) is 3.53. The van der Waals surface area contributed by atoms with Crippen molar-refractivity contribution in [2.24, 2.45) is 0 Å². The van der Waals surface area contributed by atoms with E-state index < -0.39 is 0 Å². The number of benzene rings is 1. The lowest BCUT2D eigenvalue weighted by Gasteiger charge is -2.05. The highest BCUT2D eigenvalue weighted by Gasteiger charge is 2.18. The highest BCUT2D eigenvalue weighted by atomic mass is 79.9. The minimum absolute atomic E-state index is 0.0193. The van der Waals surface area contributed by atoms with Gasteiger partial charge in [0.1, 0.15) is 0 Å². The number of hydrogen-bond acceptors (Lipinski definition) is 2. The molecule has 1 aliphatic rings. The third-order valence-corrected chi connectivity index (χ3v) is 2.63. The van der Waals surface area contributed by atoms with Gasteiger partial charge in [-0.2, -0.15) is 0 Å². The van der Waals surface area contributed by atoms with Gasteiger partial charge in [-0.1, -0.05) is 15.9 Å². The number of Topliss-reactive ketones (excluding diaryl/α,β-unsaturated/α-hetero) is 1. The van der Waals surface area contributed by atoms with Crippen molar-refractivity contribution in [2.45, 2.75) is 12.8 Å². The van der Waals surface area contributed by atoms with Crippen LogP contribution in [0, 0.1) is 0 Å². The van der Waals surface area contributed by atoms with Crippen molar-refractivity contribution in [2.75, 3.05) is 5.32 Å². The van der Waals surface area contributed by atoms with Gasteiger partial charge in [-0.3, -0.25) is 9.59 Å². The highest BCUT2D eigenvalue weighted by molar-refractivity contribution is 9.10. The normalized spacial score (nSPS) is 15.8. The molecule has 0 atom stereocenters. The number of fused-ring (bicyclic) bond motifs is 1. The van der Waals surface area contributed by atoms with Gasteiger partial charge in [0, 0.05) is 22.9 Å². The predicted molar refractivity (Wildman–Crippen MR) is 56.3 cm³/mol. The third-order valence-electron chi connectivity index (χ3n) is 2.14. The quantitative estimate of drug-likeness (QED) is 0.772. The van der Waals surface area contributed by atoms with E-state index in [1.54, 1.807) is 18.2 Å². The number of hydrogen-bond donors (Lipinski definition) is 1. The Morgan fingerprint density at radius 2 is 2.00 bits per heavy atom. The van der Waals surface area contributed by atoms with Crippen LogP contribution in [0.3, 0.4) is 0 Å². The smallest absolute Gasteiger partial charge is 0.224 e. The Labute approximate surface area is 89.6 Å². The van der Waals surface area contributed by atoms with Crippen LogP contribution in [0.4, 0.5) is 5.69 Å². The summed E-state index contributed by atoms with van der Waals surface area (Å²) >= 11 is 3.29. The van der Waals surface area contributed by atoms with E-state index in [0.29, 0.717) is 17.7 Å². The fraction of sp³-hybridized carbons (Fsp3) is 0.200. The van der Waals surface area contributed by atoms with Crippen molar-refractivity contribution in [3.8, 4) is 0 Å². The molecular formula is C10H8BrNO2. The van der Waals surface area contributed by atoms with Gasteiger partial charge in [0.25, 0.3) is 0 Å². The molecule has 1 aromatic carbocycles. The van der Waals surface area contributed by atoms with Crippen LogP contribution in [-0.4, -0.2) is 11.7 Å². The summed E-state index contributed by atoms with van der Waals surface area (Å²) in [6.45, 7) is 0. The molecule has 0 saturated heterocycles. The SMILES string of the molecule is O=C1CCC(=O)c2ccc(Br)cc2N1. The van der Waals surface area contributed by atoms with Gasteiger partial charge < -0.3 is 5.32 Å². The van der Waals surface area contributed by atoms with Crippen LogP contribution < -0.4 is 5.32 Å². The fourth-order valence-electron chi connectivity index (χ4n) is 1.44. The van der Waals surface area contributed by atoms with Crippen LogP contribution in [0.25, 0.3) is 0 Å². The summed E-state index contributed by atoms with van der Waals surface area (Å²) in [6.07, 6.45) is 0.561. The Bertz CT molecular complexity index is 415. The lowest BCUT2D eigenvalue weighted by molar-refractivity contribution is -0.116. The summed E-state index contributed by atoms with van der Waals surface area (Å²) in [5, 5.41) is 2.70. The third kappa shape index (κ3) is 1.70. The van der Waals surface area contributed by atoms with Crippen LogP contribution in [-0.2, 0) is 4.79 Å².